The average Bonchev–Trinajstić information content (AvgIpc) is 3.66. The molecule has 8 rings (SSSR count). The summed E-state index contributed by atoms with van der Waals surface area (Å²) in [6.07, 6.45) is 5.91. The minimum atomic E-state index is -0.857. The first kappa shape index (κ1) is 27.1. The Morgan fingerprint density at radius 2 is 1.93 bits per heavy atom. The Hall–Kier alpha value is -3.43. The maximum Gasteiger partial charge on any atom is 0.216 e. The van der Waals surface area contributed by atoms with E-state index in [0.717, 1.165) is 56.4 Å². The molecule has 0 spiro atoms. The third-order valence-corrected chi connectivity index (χ3v) is 10.3. The molecular weight excluding hydrogens is 551 g/mol. The summed E-state index contributed by atoms with van der Waals surface area (Å²) in [7, 11) is 0. The standard InChI is InChI=1S/C34H36F3N5O/c1-2-24-27(36)10-7-20-5-3-6-25(30(20)24)32-31(37)33-26(15-38-32)28(41-17-22-8-9-23(18-41)39-22)13-29(40-33)43-19-34-11-4-12-42(34)16-21(35)14-34/h3,5-7,10,13,15,21-23,39H,2,4,8-9,11-12,14,16-19H2,1H3/t21-,22?,23?,34+/m1/s1. The number of pyridine rings is 2. The zero-order chi connectivity index (χ0) is 29.3. The Morgan fingerprint density at radius 1 is 1.09 bits per heavy atom. The Balaban J connectivity index is 1.26. The van der Waals surface area contributed by atoms with Gasteiger partial charge in [0.1, 0.15) is 29.8 Å². The van der Waals surface area contributed by atoms with E-state index in [-0.39, 0.29) is 22.6 Å². The number of ether oxygens (including phenoxy) is 1. The molecule has 0 amide bonds. The highest BCUT2D eigenvalue weighted by Crippen LogP contribution is 2.42. The van der Waals surface area contributed by atoms with Crippen LogP contribution in [0.1, 0.15) is 44.6 Å². The summed E-state index contributed by atoms with van der Waals surface area (Å²) >= 11 is 0. The van der Waals surface area contributed by atoms with Crippen LogP contribution in [0.3, 0.4) is 0 Å². The second-order valence-electron chi connectivity index (χ2n) is 12.9. The quantitative estimate of drug-likeness (QED) is 0.291. The van der Waals surface area contributed by atoms with Gasteiger partial charge in [0.2, 0.25) is 5.88 Å². The monoisotopic (exact) mass is 587 g/mol. The van der Waals surface area contributed by atoms with Crippen molar-refractivity contribution in [1.82, 2.24) is 20.2 Å². The summed E-state index contributed by atoms with van der Waals surface area (Å²) in [5.74, 6) is -0.520. The zero-order valence-corrected chi connectivity index (χ0v) is 24.4. The number of rotatable bonds is 6. The van der Waals surface area contributed by atoms with Crippen LogP contribution in [-0.2, 0) is 6.42 Å². The van der Waals surface area contributed by atoms with E-state index in [9.17, 15) is 8.78 Å². The molecule has 43 heavy (non-hydrogen) atoms. The minimum Gasteiger partial charge on any atom is -0.476 e. The van der Waals surface area contributed by atoms with Gasteiger partial charge in [0.15, 0.2) is 5.82 Å². The molecule has 6 nitrogen and oxygen atoms in total. The van der Waals surface area contributed by atoms with Crippen molar-refractivity contribution in [3.8, 4) is 17.1 Å². The molecule has 1 N–H and O–H groups in total. The van der Waals surface area contributed by atoms with Crippen LogP contribution in [0.5, 0.6) is 5.88 Å². The summed E-state index contributed by atoms with van der Waals surface area (Å²) in [6.45, 7) is 5.15. The first-order valence-electron chi connectivity index (χ1n) is 15.6. The van der Waals surface area contributed by atoms with Gasteiger partial charge in [-0.25, -0.2) is 18.2 Å². The largest absolute Gasteiger partial charge is 0.476 e. The molecule has 2 aromatic heterocycles. The van der Waals surface area contributed by atoms with E-state index < -0.39 is 12.0 Å². The lowest BCUT2D eigenvalue weighted by atomic mass is 9.94. The number of benzene rings is 2. The summed E-state index contributed by atoms with van der Waals surface area (Å²) in [4.78, 5) is 13.9. The van der Waals surface area contributed by atoms with E-state index in [2.05, 4.69) is 20.1 Å². The number of anilines is 1. The zero-order valence-electron chi connectivity index (χ0n) is 24.4. The van der Waals surface area contributed by atoms with Crippen LogP contribution in [0.25, 0.3) is 32.9 Å². The predicted molar refractivity (Wildman–Crippen MR) is 162 cm³/mol. The van der Waals surface area contributed by atoms with E-state index in [1.165, 1.54) is 6.07 Å². The summed E-state index contributed by atoms with van der Waals surface area (Å²) in [5, 5.41) is 5.80. The van der Waals surface area contributed by atoms with E-state index in [1.807, 2.05) is 25.1 Å². The fourth-order valence-corrected chi connectivity index (χ4v) is 8.26. The molecule has 0 saturated carbocycles. The van der Waals surface area contributed by atoms with Gasteiger partial charge in [-0.2, -0.15) is 0 Å². The van der Waals surface area contributed by atoms with Gasteiger partial charge in [0.25, 0.3) is 0 Å². The van der Waals surface area contributed by atoms with Crippen molar-refractivity contribution in [3.63, 3.8) is 0 Å². The molecule has 9 heteroatoms. The first-order valence-corrected chi connectivity index (χ1v) is 15.6. The van der Waals surface area contributed by atoms with Gasteiger partial charge in [0, 0.05) is 61.4 Å². The van der Waals surface area contributed by atoms with Gasteiger partial charge in [0.05, 0.1) is 11.2 Å². The molecule has 4 atom stereocenters. The maximum atomic E-state index is 16.8. The lowest BCUT2D eigenvalue weighted by molar-refractivity contribution is 0.111. The Labute approximate surface area is 249 Å². The number of hydrogen-bond acceptors (Lipinski definition) is 6. The van der Waals surface area contributed by atoms with Crippen LogP contribution in [-0.4, -0.2) is 71.4 Å². The molecule has 4 aliphatic heterocycles. The van der Waals surface area contributed by atoms with Crippen LogP contribution in [0.4, 0.5) is 18.9 Å². The van der Waals surface area contributed by atoms with Crippen LogP contribution in [0, 0.1) is 11.6 Å². The fraction of sp³-hybridized carbons (Fsp3) is 0.471. The lowest BCUT2D eigenvalue weighted by Crippen LogP contribution is -2.51. The second kappa shape index (κ2) is 10.3. The molecule has 0 radical (unpaired) electrons. The average molecular weight is 588 g/mol. The number of aromatic nitrogens is 2. The second-order valence-corrected chi connectivity index (χ2v) is 12.9. The summed E-state index contributed by atoms with van der Waals surface area (Å²) in [6, 6.07) is 11.4. The number of hydrogen-bond donors (Lipinski definition) is 1. The molecule has 4 fully saturated rings. The number of nitrogens with zero attached hydrogens (tertiary/aromatic N) is 4. The Kier molecular flexibility index (Phi) is 6.53. The Bertz CT molecular complexity index is 1720. The molecule has 4 aliphatic rings. The van der Waals surface area contributed by atoms with Crippen molar-refractivity contribution in [2.45, 2.75) is 69.2 Å². The van der Waals surface area contributed by atoms with Crippen LogP contribution in [0.15, 0.2) is 42.6 Å². The number of nitrogens with one attached hydrogen (secondary N) is 1. The van der Waals surface area contributed by atoms with Gasteiger partial charge >= 0.3 is 0 Å². The van der Waals surface area contributed by atoms with E-state index in [1.54, 1.807) is 18.3 Å². The van der Waals surface area contributed by atoms with Crippen molar-refractivity contribution in [2.24, 2.45) is 0 Å². The number of halogens is 3. The van der Waals surface area contributed by atoms with Gasteiger partial charge in [-0.3, -0.25) is 9.88 Å². The molecule has 224 valence electrons. The Morgan fingerprint density at radius 3 is 2.74 bits per heavy atom. The van der Waals surface area contributed by atoms with E-state index in [0.29, 0.717) is 65.9 Å². The van der Waals surface area contributed by atoms with Crippen molar-refractivity contribution in [1.29, 1.82) is 0 Å². The molecule has 2 bridgehead atoms. The highest BCUT2D eigenvalue weighted by atomic mass is 19.1. The molecule has 2 unspecified atom stereocenters. The lowest BCUT2D eigenvalue weighted by Gasteiger charge is -2.35. The van der Waals surface area contributed by atoms with Crippen LogP contribution in [0.2, 0.25) is 0 Å². The number of aryl methyl sites for hydroxylation is 1. The number of alkyl halides is 1. The normalized spacial score (nSPS) is 27.0. The van der Waals surface area contributed by atoms with Gasteiger partial charge in [-0.15, -0.1) is 0 Å². The van der Waals surface area contributed by atoms with Gasteiger partial charge < -0.3 is 15.0 Å². The number of piperazine rings is 1. The minimum absolute atomic E-state index is 0.144. The highest BCUT2D eigenvalue weighted by molar-refractivity contribution is 6.01. The highest BCUT2D eigenvalue weighted by Gasteiger charge is 2.49. The summed E-state index contributed by atoms with van der Waals surface area (Å²) < 4.78 is 52.5. The van der Waals surface area contributed by atoms with Crippen LogP contribution >= 0.6 is 0 Å². The third kappa shape index (κ3) is 4.46. The van der Waals surface area contributed by atoms with Crippen molar-refractivity contribution >= 4 is 27.4 Å². The van der Waals surface area contributed by atoms with Crippen molar-refractivity contribution < 1.29 is 17.9 Å². The molecule has 2 aromatic carbocycles. The molecular formula is C34H36F3N5O. The molecule has 6 heterocycles. The predicted octanol–water partition coefficient (Wildman–Crippen LogP) is 6.19. The van der Waals surface area contributed by atoms with E-state index in [4.69, 9.17) is 9.72 Å². The molecule has 4 aromatic rings. The molecule has 0 aliphatic carbocycles. The SMILES string of the molecule is CCc1c(F)ccc2cccc(-c3ncc4c(N5CC6CCC(C5)N6)cc(OC[C@@]56CCCN5C[C@H](F)C6)nc4c3F)c12. The van der Waals surface area contributed by atoms with Gasteiger partial charge in [-0.05, 0) is 61.1 Å². The number of fused-ring (bicyclic) bond motifs is 5. The first-order chi connectivity index (χ1) is 20.9. The fourth-order valence-electron chi connectivity index (χ4n) is 8.26. The topological polar surface area (TPSA) is 53.5 Å². The van der Waals surface area contributed by atoms with E-state index >= 15 is 4.39 Å². The van der Waals surface area contributed by atoms with Crippen LogP contribution < -0.4 is 15.0 Å². The summed E-state index contributed by atoms with van der Waals surface area (Å²) in [5.41, 5.74) is 1.93. The maximum absolute atomic E-state index is 16.8. The third-order valence-electron chi connectivity index (χ3n) is 10.3. The van der Waals surface area contributed by atoms with Crippen molar-refractivity contribution in [2.75, 3.05) is 37.7 Å². The molecule has 4 saturated heterocycles. The van der Waals surface area contributed by atoms with Gasteiger partial charge in [-0.1, -0.05) is 31.2 Å². The van der Waals surface area contributed by atoms with Crippen molar-refractivity contribution in [3.05, 3.63) is 59.8 Å². The smallest absolute Gasteiger partial charge is 0.216 e.